The summed E-state index contributed by atoms with van der Waals surface area (Å²) >= 11 is 6.22. The molecule has 0 fully saturated rings. The molecule has 2 aromatic rings. The first-order chi connectivity index (χ1) is 13.0. The predicted octanol–water partition coefficient (Wildman–Crippen LogP) is 3.57. The molecule has 0 aliphatic carbocycles. The normalized spacial score (nSPS) is 14.1. The summed E-state index contributed by atoms with van der Waals surface area (Å²) in [5.41, 5.74) is 0.0634. The number of hydrogen-bond donors (Lipinski definition) is 3. The van der Waals surface area contributed by atoms with Crippen LogP contribution in [0.2, 0.25) is 5.02 Å². The molecule has 1 heterocycles. The summed E-state index contributed by atoms with van der Waals surface area (Å²) in [5.74, 6) is 0.221. The zero-order chi connectivity index (χ0) is 20.9. The average molecular weight is 538 g/mol. The summed E-state index contributed by atoms with van der Waals surface area (Å²) < 4.78 is 15.0. The number of benzene rings is 1. The second-order valence-corrected chi connectivity index (χ2v) is 8.14. The van der Waals surface area contributed by atoms with Gasteiger partial charge in [0.1, 0.15) is 11.4 Å². The quantitative estimate of drug-likeness (QED) is 0.287. The van der Waals surface area contributed by atoms with E-state index in [9.17, 15) is 9.50 Å². The van der Waals surface area contributed by atoms with Gasteiger partial charge in [-0.1, -0.05) is 31.5 Å². The van der Waals surface area contributed by atoms with Gasteiger partial charge in [0.2, 0.25) is 0 Å². The van der Waals surface area contributed by atoms with E-state index in [0.717, 1.165) is 11.1 Å². The van der Waals surface area contributed by atoms with E-state index in [-0.39, 0.29) is 41.8 Å². The van der Waals surface area contributed by atoms with Crippen LogP contribution in [0.15, 0.2) is 35.6 Å². The molecule has 162 valence electrons. The van der Waals surface area contributed by atoms with Gasteiger partial charge in [0.25, 0.3) is 0 Å². The largest absolute Gasteiger partial charge is 0.383 e. The number of halogens is 3. The van der Waals surface area contributed by atoms with Crippen LogP contribution in [-0.4, -0.2) is 40.5 Å². The lowest BCUT2D eigenvalue weighted by Crippen LogP contribution is -2.45. The minimum Gasteiger partial charge on any atom is -0.383 e. The number of rotatable bonds is 7. The van der Waals surface area contributed by atoms with Crippen molar-refractivity contribution >= 4 is 41.5 Å². The molecule has 0 radical (unpaired) electrons. The molecule has 2 rings (SSSR count). The van der Waals surface area contributed by atoms with Gasteiger partial charge in [-0.3, -0.25) is 9.67 Å². The van der Waals surface area contributed by atoms with Gasteiger partial charge in [-0.05, 0) is 31.5 Å². The van der Waals surface area contributed by atoms with E-state index >= 15 is 0 Å². The van der Waals surface area contributed by atoms with E-state index in [0.29, 0.717) is 24.1 Å². The fraction of sp³-hybridized carbons (Fsp3) is 0.500. The van der Waals surface area contributed by atoms with Crippen molar-refractivity contribution in [1.29, 1.82) is 0 Å². The number of aromatic nitrogens is 2. The number of nitrogens with one attached hydrogen (secondary N) is 2. The maximum absolute atomic E-state index is 13.3. The van der Waals surface area contributed by atoms with Crippen molar-refractivity contribution in [2.75, 3.05) is 19.6 Å². The molecule has 1 atom stereocenters. The molecule has 3 N–H and O–H groups in total. The Balaban J connectivity index is 0.00000420. The SMILES string of the molecule is CCNC(=NCC(C)(C)c1ccc(F)cc1Cl)NCC(C)(O)c1cnn(C)c1.I. The Hall–Kier alpha value is -1.39. The highest BCUT2D eigenvalue weighted by Crippen LogP contribution is 2.30. The molecule has 0 saturated heterocycles. The van der Waals surface area contributed by atoms with E-state index in [1.54, 1.807) is 37.1 Å². The Kier molecular flexibility index (Phi) is 9.36. The Labute approximate surface area is 194 Å². The highest BCUT2D eigenvalue weighted by atomic mass is 127. The molecule has 9 heteroatoms. The fourth-order valence-electron chi connectivity index (χ4n) is 2.80. The van der Waals surface area contributed by atoms with Crippen LogP contribution < -0.4 is 10.6 Å². The van der Waals surface area contributed by atoms with E-state index < -0.39 is 5.60 Å². The monoisotopic (exact) mass is 537 g/mol. The zero-order valence-corrected chi connectivity index (χ0v) is 20.5. The molecule has 1 aromatic carbocycles. The third-order valence-corrected chi connectivity index (χ3v) is 4.88. The molecule has 6 nitrogen and oxygen atoms in total. The average Bonchev–Trinajstić information content (AvgIpc) is 3.04. The van der Waals surface area contributed by atoms with Crippen LogP contribution in [0.25, 0.3) is 0 Å². The number of aliphatic hydroxyl groups is 1. The standard InChI is InChI=1S/C20H29ClFN5O.HI/c1-6-23-18(25-13-20(4,28)14-10-26-27(5)11-14)24-12-19(2,3)16-8-7-15(22)9-17(16)21;/h7-11,28H,6,12-13H2,1-5H3,(H2,23,24,25);1H. The van der Waals surface area contributed by atoms with Gasteiger partial charge in [0.15, 0.2) is 5.96 Å². The lowest BCUT2D eigenvalue weighted by atomic mass is 9.84. The second kappa shape index (κ2) is 10.6. The Bertz CT molecular complexity index is 838. The van der Waals surface area contributed by atoms with Crippen molar-refractivity contribution in [3.05, 3.63) is 52.6 Å². The number of aliphatic imine (C=N–C) groups is 1. The topological polar surface area (TPSA) is 74.5 Å². The first-order valence-corrected chi connectivity index (χ1v) is 9.62. The summed E-state index contributed by atoms with van der Waals surface area (Å²) in [5, 5.41) is 21.6. The van der Waals surface area contributed by atoms with Crippen LogP contribution in [0.3, 0.4) is 0 Å². The molecule has 0 bridgehead atoms. The van der Waals surface area contributed by atoms with Crippen molar-refractivity contribution < 1.29 is 9.50 Å². The highest BCUT2D eigenvalue weighted by Gasteiger charge is 2.26. The van der Waals surface area contributed by atoms with E-state index in [1.165, 1.54) is 12.1 Å². The molecule has 0 aliphatic rings. The number of guanidine groups is 1. The van der Waals surface area contributed by atoms with Crippen molar-refractivity contribution in [2.24, 2.45) is 12.0 Å². The van der Waals surface area contributed by atoms with Gasteiger partial charge in [-0.25, -0.2) is 4.39 Å². The maximum atomic E-state index is 13.3. The van der Waals surface area contributed by atoms with Crippen LogP contribution in [0, 0.1) is 5.82 Å². The zero-order valence-electron chi connectivity index (χ0n) is 17.5. The summed E-state index contributed by atoms with van der Waals surface area (Å²) in [6.45, 7) is 9.08. The third-order valence-electron chi connectivity index (χ3n) is 4.56. The van der Waals surface area contributed by atoms with Gasteiger partial charge in [0.05, 0.1) is 19.3 Å². The molecule has 0 amide bonds. The molecule has 29 heavy (non-hydrogen) atoms. The molecule has 0 aliphatic heterocycles. The van der Waals surface area contributed by atoms with Gasteiger partial charge in [0, 0.05) is 35.8 Å². The van der Waals surface area contributed by atoms with Crippen LogP contribution >= 0.6 is 35.6 Å². The second-order valence-electron chi connectivity index (χ2n) is 7.73. The lowest BCUT2D eigenvalue weighted by molar-refractivity contribution is 0.0616. The molecule has 0 saturated carbocycles. The van der Waals surface area contributed by atoms with Crippen molar-refractivity contribution in [1.82, 2.24) is 20.4 Å². The Morgan fingerprint density at radius 1 is 1.31 bits per heavy atom. The van der Waals surface area contributed by atoms with Gasteiger partial charge >= 0.3 is 0 Å². The van der Waals surface area contributed by atoms with Crippen LogP contribution in [0.1, 0.15) is 38.8 Å². The van der Waals surface area contributed by atoms with Crippen molar-refractivity contribution in [3.63, 3.8) is 0 Å². The number of aryl methyl sites for hydroxylation is 1. The van der Waals surface area contributed by atoms with Gasteiger partial charge in [-0.2, -0.15) is 5.10 Å². The first kappa shape index (κ1) is 25.6. The number of nitrogens with zero attached hydrogens (tertiary/aromatic N) is 3. The summed E-state index contributed by atoms with van der Waals surface area (Å²) in [6, 6.07) is 4.42. The van der Waals surface area contributed by atoms with Crippen LogP contribution in [-0.2, 0) is 18.1 Å². The lowest BCUT2D eigenvalue weighted by Gasteiger charge is -2.26. The summed E-state index contributed by atoms with van der Waals surface area (Å²) in [7, 11) is 1.81. The summed E-state index contributed by atoms with van der Waals surface area (Å²) in [6.07, 6.45) is 3.43. The van der Waals surface area contributed by atoms with Crippen molar-refractivity contribution in [3.8, 4) is 0 Å². The Morgan fingerprint density at radius 3 is 2.55 bits per heavy atom. The molecule has 0 spiro atoms. The molecular weight excluding hydrogens is 508 g/mol. The summed E-state index contributed by atoms with van der Waals surface area (Å²) in [4.78, 5) is 4.64. The van der Waals surface area contributed by atoms with E-state index in [1.807, 2.05) is 20.8 Å². The van der Waals surface area contributed by atoms with E-state index in [2.05, 4.69) is 20.7 Å². The van der Waals surface area contributed by atoms with Gasteiger partial charge in [-0.15, -0.1) is 24.0 Å². The van der Waals surface area contributed by atoms with Gasteiger partial charge < -0.3 is 15.7 Å². The molecular formula is C20H30ClFIN5O. The smallest absolute Gasteiger partial charge is 0.191 e. The predicted molar refractivity (Wildman–Crippen MR) is 127 cm³/mol. The number of hydrogen-bond acceptors (Lipinski definition) is 3. The minimum atomic E-state index is -1.10. The minimum absolute atomic E-state index is 0. The first-order valence-electron chi connectivity index (χ1n) is 9.24. The molecule has 1 aromatic heterocycles. The maximum Gasteiger partial charge on any atom is 0.191 e. The molecule has 1 unspecified atom stereocenters. The van der Waals surface area contributed by atoms with Crippen molar-refractivity contribution in [2.45, 2.75) is 38.7 Å². The van der Waals surface area contributed by atoms with Crippen LogP contribution in [0.4, 0.5) is 4.39 Å². The third kappa shape index (κ3) is 7.11. The Morgan fingerprint density at radius 2 is 2.00 bits per heavy atom. The van der Waals surface area contributed by atoms with Crippen LogP contribution in [0.5, 0.6) is 0 Å². The highest BCUT2D eigenvalue weighted by molar-refractivity contribution is 14.0. The fourth-order valence-corrected chi connectivity index (χ4v) is 3.22. The van der Waals surface area contributed by atoms with E-state index in [4.69, 9.17) is 11.6 Å².